The maximum atomic E-state index is 5.63. The Morgan fingerprint density at radius 1 is 1.53 bits per heavy atom. The highest BCUT2D eigenvalue weighted by Gasteiger charge is 2.07. The minimum atomic E-state index is 0.528. The van der Waals surface area contributed by atoms with Crippen molar-refractivity contribution in [3.63, 3.8) is 0 Å². The number of halogens is 1. The average Bonchev–Trinajstić information content (AvgIpc) is 2.17. The molecule has 0 heterocycles. The van der Waals surface area contributed by atoms with Crippen LogP contribution in [-0.2, 0) is 6.42 Å². The molecule has 3 heteroatoms. The average molecular weight is 270 g/mol. The predicted octanol–water partition coefficient (Wildman–Crippen LogP) is 2.82. The second-order valence-corrected chi connectivity index (χ2v) is 4.26. The number of aryl methyl sites for hydroxylation is 1. The summed E-state index contributed by atoms with van der Waals surface area (Å²) in [6.45, 7) is 6.82. The molecular formula is C12H16BrNO. The highest BCUT2D eigenvalue weighted by atomic mass is 79.9. The van der Waals surface area contributed by atoms with Crippen LogP contribution in [0.25, 0.3) is 0 Å². The molecule has 0 atom stereocenters. The molecular weight excluding hydrogens is 254 g/mol. The zero-order valence-corrected chi connectivity index (χ0v) is 10.5. The molecule has 82 valence electrons. The molecule has 15 heavy (non-hydrogen) atoms. The quantitative estimate of drug-likeness (QED) is 0.835. The van der Waals surface area contributed by atoms with Crippen LogP contribution in [0.5, 0.6) is 5.75 Å². The van der Waals surface area contributed by atoms with E-state index in [1.54, 1.807) is 6.08 Å². The van der Waals surface area contributed by atoms with Gasteiger partial charge in [-0.3, -0.25) is 0 Å². The second kappa shape index (κ2) is 5.93. The van der Waals surface area contributed by atoms with Crippen molar-refractivity contribution in [2.24, 2.45) is 5.73 Å². The van der Waals surface area contributed by atoms with E-state index in [0.717, 1.165) is 27.8 Å². The molecule has 0 fully saturated rings. The molecule has 0 saturated carbocycles. The lowest BCUT2D eigenvalue weighted by Crippen LogP contribution is -2.06. The lowest BCUT2D eigenvalue weighted by atomic mass is 10.1. The summed E-state index contributed by atoms with van der Waals surface area (Å²) in [5, 5.41) is 0. The largest absolute Gasteiger partial charge is 0.489 e. The minimum absolute atomic E-state index is 0.528. The summed E-state index contributed by atoms with van der Waals surface area (Å²) in [6, 6.07) is 4.09. The van der Waals surface area contributed by atoms with Crippen LogP contribution >= 0.6 is 15.9 Å². The van der Waals surface area contributed by atoms with E-state index in [-0.39, 0.29) is 0 Å². The Labute approximate surface area is 99.3 Å². The summed E-state index contributed by atoms with van der Waals surface area (Å²) in [4.78, 5) is 0. The van der Waals surface area contributed by atoms with Gasteiger partial charge in [0.2, 0.25) is 0 Å². The molecule has 2 nitrogen and oxygen atoms in total. The monoisotopic (exact) mass is 269 g/mol. The summed E-state index contributed by atoms with van der Waals surface area (Å²) in [5.74, 6) is 0.934. The summed E-state index contributed by atoms with van der Waals surface area (Å²) in [7, 11) is 0. The highest BCUT2D eigenvalue weighted by molar-refractivity contribution is 9.10. The molecule has 0 aliphatic rings. The van der Waals surface area contributed by atoms with Gasteiger partial charge in [-0.15, -0.1) is 0 Å². The van der Waals surface area contributed by atoms with Crippen molar-refractivity contribution in [1.82, 2.24) is 0 Å². The third-order valence-corrected chi connectivity index (χ3v) is 2.53. The molecule has 0 amide bonds. The van der Waals surface area contributed by atoms with E-state index in [0.29, 0.717) is 13.2 Å². The Bertz CT molecular complexity index is 350. The van der Waals surface area contributed by atoms with Crippen LogP contribution in [0.1, 0.15) is 11.1 Å². The van der Waals surface area contributed by atoms with Gasteiger partial charge in [0.15, 0.2) is 0 Å². The van der Waals surface area contributed by atoms with Crippen molar-refractivity contribution in [2.45, 2.75) is 13.3 Å². The predicted molar refractivity (Wildman–Crippen MR) is 67.3 cm³/mol. The Morgan fingerprint density at radius 3 is 2.87 bits per heavy atom. The molecule has 0 spiro atoms. The highest BCUT2D eigenvalue weighted by Crippen LogP contribution is 2.28. The van der Waals surface area contributed by atoms with E-state index in [9.17, 15) is 0 Å². The Kier molecular flexibility index (Phi) is 4.85. The molecule has 0 bridgehead atoms. The van der Waals surface area contributed by atoms with Crippen molar-refractivity contribution in [3.05, 3.63) is 40.4 Å². The number of hydrogen-bond acceptors (Lipinski definition) is 2. The first-order valence-corrected chi connectivity index (χ1v) is 5.71. The van der Waals surface area contributed by atoms with Gasteiger partial charge in [-0.1, -0.05) is 28.6 Å². The lowest BCUT2D eigenvalue weighted by molar-refractivity contribution is 0.356. The summed E-state index contributed by atoms with van der Waals surface area (Å²) in [5.41, 5.74) is 7.83. The van der Waals surface area contributed by atoms with Crippen LogP contribution in [0.4, 0.5) is 0 Å². The SMILES string of the molecule is C=CCOc1c(C)cc(Br)cc1CCN. The first-order valence-electron chi connectivity index (χ1n) is 4.91. The standard InChI is InChI=1S/C12H16BrNO/c1-3-6-15-12-9(2)7-11(13)8-10(12)4-5-14/h3,7-8H,1,4-6,14H2,2H3. The van der Waals surface area contributed by atoms with Crippen molar-refractivity contribution in [1.29, 1.82) is 0 Å². The van der Waals surface area contributed by atoms with Crippen molar-refractivity contribution in [2.75, 3.05) is 13.2 Å². The lowest BCUT2D eigenvalue weighted by Gasteiger charge is -2.13. The number of ether oxygens (including phenoxy) is 1. The summed E-state index contributed by atoms with van der Waals surface area (Å²) >= 11 is 3.47. The Balaban J connectivity index is 3.02. The van der Waals surface area contributed by atoms with E-state index in [1.807, 2.05) is 13.0 Å². The van der Waals surface area contributed by atoms with Gasteiger partial charge in [0.05, 0.1) is 0 Å². The molecule has 1 aromatic rings. The molecule has 0 unspecified atom stereocenters. The molecule has 0 saturated heterocycles. The van der Waals surface area contributed by atoms with Gasteiger partial charge in [0, 0.05) is 4.47 Å². The Morgan fingerprint density at radius 2 is 2.27 bits per heavy atom. The summed E-state index contributed by atoms with van der Waals surface area (Å²) < 4.78 is 6.69. The van der Waals surface area contributed by atoms with E-state index in [4.69, 9.17) is 10.5 Å². The third kappa shape index (κ3) is 3.36. The van der Waals surface area contributed by atoms with Crippen molar-refractivity contribution >= 4 is 15.9 Å². The maximum absolute atomic E-state index is 5.63. The first kappa shape index (κ1) is 12.3. The zero-order valence-electron chi connectivity index (χ0n) is 8.92. The molecule has 0 aliphatic heterocycles. The number of benzene rings is 1. The molecule has 2 N–H and O–H groups in total. The molecule has 0 radical (unpaired) electrons. The van der Waals surface area contributed by atoms with Gasteiger partial charge in [-0.2, -0.15) is 0 Å². The van der Waals surface area contributed by atoms with Gasteiger partial charge in [0.1, 0.15) is 12.4 Å². The molecule has 0 aliphatic carbocycles. The van der Waals surface area contributed by atoms with E-state index in [2.05, 4.69) is 28.6 Å². The normalized spacial score (nSPS) is 10.1. The fraction of sp³-hybridized carbons (Fsp3) is 0.333. The third-order valence-electron chi connectivity index (χ3n) is 2.08. The number of nitrogens with two attached hydrogens (primary N) is 1. The van der Waals surface area contributed by atoms with Crippen molar-refractivity contribution in [3.8, 4) is 5.75 Å². The number of rotatable bonds is 5. The fourth-order valence-electron chi connectivity index (χ4n) is 1.49. The minimum Gasteiger partial charge on any atom is -0.489 e. The summed E-state index contributed by atoms with van der Waals surface area (Å²) in [6.07, 6.45) is 2.57. The van der Waals surface area contributed by atoms with E-state index in [1.165, 1.54) is 0 Å². The van der Waals surface area contributed by atoms with Crippen LogP contribution in [0.3, 0.4) is 0 Å². The van der Waals surface area contributed by atoms with Gasteiger partial charge >= 0.3 is 0 Å². The van der Waals surface area contributed by atoms with Gasteiger partial charge in [0.25, 0.3) is 0 Å². The van der Waals surface area contributed by atoms with E-state index >= 15 is 0 Å². The zero-order chi connectivity index (χ0) is 11.3. The van der Waals surface area contributed by atoms with Crippen LogP contribution in [0, 0.1) is 6.92 Å². The van der Waals surface area contributed by atoms with Crippen LogP contribution in [-0.4, -0.2) is 13.2 Å². The van der Waals surface area contributed by atoms with E-state index < -0.39 is 0 Å². The van der Waals surface area contributed by atoms with Crippen LogP contribution in [0.15, 0.2) is 29.3 Å². The smallest absolute Gasteiger partial charge is 0.125 e. The van der Waals surface area contributed by atoms with Crippen LogP contribution in [0.2, 0.25) is 0 Å². The Hall–Kier alpha value is -0.800. The second-order valence-electron chi connectivity index (χ2n) is 3.35. The number of hydrogen-bond donors (Lipinski definition) is 1. The molecule has 1 rings (SSSR count). The van der Waals surface area contributed by atoms with Gasteiger partial charge in [-0.25, -0.2) is 0 Å². The van der Waals surface area contributed by atoms with Gasteiger partial charge in [-0.05, 0) is 43.1 Å². The van der Waals surface area contributed by atoms with Crippen LogP contribution < -0.4 is 10.5 Å². The maximum Gasteiger partial charge on any atom is 0.125 e. The molecule has 1 aromatic carbocycles. The fourth-order valence-corrected chi connectivity index (χ4v) is 2.11. The molecule has 0 aromatic heterocycles. The van der Waals surface area contributed by atoms with Gasteiger partial charge < -0.3 is 10.5 Å². The van der Waals surface area contributed by atoms with Crippen molar-refractivity contribution < 1.29 is 4.74 Å². The first-order chi connectivity index (χ1) is 7.19. The topological polar surface area (TPSA) is 35.2 Å².